The van der Waals surface area contributed by atoms with E-state index < -0.39 is 0 Å². The van der Waals surface area contributed by atoms with Crippen molar-refractivity contribution in [3.05, 3.63) is 28.8 Å². The van der Waals surface area contributed by atoms with E-state index in [2.05, 4.69) is 4.98 Å². The summed E-state index contributed by atoms with van der Waals surface area (Å²) < 4.78 is 21.1. The molecular formula is C14H16FN3O2S. The predicted octanol–water partition coefficient (Wildman–Crippen LogP) is 2.09. The first kappa shape index (κ1) is 14.2. The quantitative estimate of drug-likeness (QED) is 0.883. The smallest absolute Gasteiger partial charge is 0.224 e. The molecule has 0 atom stereocenters. The van der Waals surface area contributed by atoms with Gasteiger partial charge in [-0.3, -0.25) is 4.79 Å². The minimum Gasteiger partial charge on any atom is -0.378 e. The van der Waals surface area contributed by atoms with Gasteiger partial charge in [0.2, 0.25) is 5.91 Å². The average Bonchev–Trinajstić information content (AvgIpc) is 2.83. The van der Waals surface area contributed by atoms with Gasteiger partial charge in [-0.2, -0.15) is 0 Å². The Morgan fingerprint density at radius 2 is 2.14 bits per heavy atom. The number of para-hydroxylation sites is 1. The van der Waals surface area contributed by atoms with Gasteiger partial charge in [0.1, 0.15) is 11.3 Å². The number of amides is 1. The second-order valence-electron chi connectivity index (χ2n) is 4.96. The third kappa shape index (κ3) is 2.84. The first-order valence-electron chi connectivity index (χ1n) is 6.89. The zero-order valence-electron chi connectivity index (χ0n) is 11.5. The van der Waals surface area contributed by atoms with Crippen LogP contribution < -0.4 is 0 Å². The van der Waals surface area contributed by atoms with Gasteiger partial charge in [-0.15, -0.1) is 0 Å². The normalized spacial score (nSPS) is 15.6. The molecule has 7 heteroatoms. The summed E-state index contributed by atoms with van der Waals surface area (Å²) in [4.78, 5) is 16.8. The van der Waals surface area contributed by atoms with Crippen molar-refractivity contribution in [3.8, 4) is 0 Å². The Hall–Kier alpha value is -1.73. The summed E-state index contributed by atoms with van der Waals surface area (Å²) >= 11 is 5.22. The largest absolute Gasteiger partial charge is 0.378 e. The van der Waals surface area contributed by atoms with E-state index in [1.165, 1.54) is 6.07 Å². The predicted molar refractivity (Wildman–Crippen MR) is 79.1 cm³/mol. The van der Waals surface area contributed by atoms with E-state index >= 15 is 0 Å². The lowest BCUT2D eigenvalue weighted by Crippen LogP contribution is -2.40. The number of morpholine rings is 1. The van der Waals surface area contributed by atoms with Crippen molar-refractivity contribution in [2.45, 2.75) is 13.0 Å². The van der Waals surface area contributed by atoms with Crippen LogP contribution >= 0.6 is 12.2 Å². The van der Waals surface area contributed by atoms with E-state index in [1.807, 2.05) is 0 Å². The summed E-state index contributed by atoms with van der Waals surface area (Å²) in [7, 11) is 0. The van der Waals surface area contributed by atoms with E-state index in [4.69, 9.17) is 17.0 Å². The van der Waals surface area contributed by atoms with Crippen LogP contribution in [0.15, 0.2) is 18.2 Å². The maximum atomic E-state index is 13.7. The molecule has 1 aromatic carbocycles. The third-order valence-corrected chi connectivity index (χ3v) is 4.00. The molecule has 5 nitrogen and oxygen atoms in total. The van der Waals surface area contributed by atoms with Crippen molar-refractivity contribution >= 4 is 29.2 Å². The molecule has 0 radical (unpaired) electrons. The minimum absolute atomic E-state index is 0.0750. The average molecular weight is 309 g/mol. The molecular weight excluding hydrogens is 293 g/mol. The highest BCUT2D eigenvalue weighted by atomic mass is 32.1. The third-order valence-electron chi connectivity index (χ3n) is 3.67. The van der Waals surface area contributed by atoms with E-state index in [0.717, 1.165) is 0 Å². The van der Waals surface area contributed by atoms with Crippen molar-refractivity contribution in [2.24, 2.45) is 0 Å². The summed E-state index contributed by atoms with van der Waals surface area (Å²) in [6, 6.07) is 4.82. The standard InChI is InChI=1S/C14H16FN3O2S/c15-10-2-1-3-11-13(10)16-14(21)18(11)5-4-12(19)17-6-8-20-9-7-17/h1-3H,4-9H2,(H,16,21). The maximum absolute atomic E-state index is 13.7. The molecule has 2 heterocycles. The minimum atomic E-state index is -0.336. The fourth-order valence-electron chi connectivity index (χ4n) is 2.55. The molecule has 1 aliphatic rings. The number of halogens is 1. The lowest BCUT2D eigenvalue weighted by Gasteiger charge is -2.26. The van der Waals surface area contributed by atoms with E-state index in [0.29, 0.717) is 55.1 Å². The van der Waals surface area contributed by atoms with E-state index in [9.17, 15) is 9.18 Å². The van der Waals surface area contributed by atoms with Crippen LogP contribution in [0.25, 0.3) is 11.0 Å². The number of aromatic nitrogens is 2. The highest BCUT2D eigenvalue weighted by Gasteiger charge is 2.17. The Morgan fingerprint density at radius 1 is 1.38 bits per heavy atom. The van der Waals surface area contributed by atoms with Crippen molar-refractivity contribution in [2.75, 3.05) is 26.3 Å². The molecule has 1 aromatic heterocycles. The van der Waals surface area contributed by atoms with Crippen LogP contribution in [0.3, 0.4) is 0 Å². The van der Waals surface area contributed by atoms with Gasteiger partial charge in [0.25, 0.3) is 0 Å². The lowest BCUT2D eigenvalue weighted by molar-refractivity contribution is -0.135. The highest BCUT2D eigenvalue weighted by Crippen LogP contribution is 2.17. The molecule has 2 aromatic rings. The first-order valence-corrected chi connectivity index (χ1v) is 7.30. The van der Waals surface area contributed by atoms with Crippen molar-refractivity contribution in [1.29, 1.82) is 0 Å². The molecule has 1 fully saturated rings. The van der Waals surface area contributed by atoms with Crippen LogP contribution in [0, 0.1) is 10.6 Å². The number of H-pyrrole nitrogens is 1. The van der Waals surface area contributed by atoms with Crippen LogP contribution in [0.2, 0.25) is 0 Å². The Labute approximate surface area is 126 Å². The number of imidazole rings is 1. The SMILES string of the molecule is O=C(CCn1c(=S)[nH]c2c(F)cccc21)N1CCOCC1. The van der Waals surface area contributed by atoms with Gasteiger partial charge in [0.15, 0.2) is 4.77 Å². The molecule has 0 aliphatic carbocycles. The molecule has 0 saturated carbocycles. The summed E-state index contributed by atoms with van der Waals surface area (Å²) in [5.41, 5.74) is 1.08. The number of carbonyl (C=O) groups excluding carboxylic acids is 1. The number of rotatable bonds is 3. The van der Waals surface area contributed by atoms with Crippen LogP contribution in [-0.2, 0) is 16.1 Å². The van der Waals surface area contributed by atoms with Crippen molar-refractivity contribution < 1.29 is 13.9 Å². The molecule has 21 heavy (non-hydrogen) atoms. The zero-order chi connectivity index (χ0) is 14.8. The van der Waals surface area contributed by atoms with Crippen molar-refractivity contribution in [3.63, 3.8) is 0 Å². The van der Waals surface area contributed by atoms with Crippen LogP contribution in [0.5, 0.6) is 0 Å². The van der Waals surface area contributed by atoms with Crippen LogP contribution in [0.1, 0.15) is 6.42 Å². The Bertz CT molecular complexity index is 719. The lowest BCUT2D eigenvalue weighted by atomic mass is 10.3. The molecule has 1 saturated heterocycles. The van der Waals surface area contributed by atoms with Crippen molar-refractivity contribution in [1.82, 2.24) is 14.5 Å². The van der Waals surface area contributed by atoms with Gasteiger partial charge < -0.3 is 19.2 Å². The molecule has 112 valence electrons. The number of hydrogen-bond donors (Lipinski definition) is 1. The second-order valence-corrected chi connectivity index (χ2v) is 5.35. The van der Waals surface area contributed by atoms with Gasteiger partial charge in [-0.05, 0) is 24.4 Å². The molecule has 3 rings (SSSR count). The fraction of sp³-hybridized carbons (Fsp3) is 0.429. The molecule has 1 amide bonds. The van der Waals surface area contributed by atoms with E-state index in [1.54, 1.807) is 21.6 Å². The summed E-state index contributed by atoms with van der Waals surface area (Å²) in [5, 5.41) is 0. The number of benzene rings is 1. The monoisotopic (exact) mass is 309 g/mol. The molecule has 0 unspecified atom stereocenters. The summed E-state index contributed by atoms with van der Waals surface area (Å²) in [6.07, 6.45) is 0.345. The highest BCUT2D eigenvalue weighted by molar-refractivity contribution is 7.71. The van der Waals surface area contributed by atoms with Crippen LogP contribution in [-0.4, -0.2) is 46.7 Å². The Kier molecular flexibility index (Phi) is 4.03. The van der Waals surface area contributed by atoms with Gasteiger partial charge in [-0.25, -0.2) is 4.39 Å². The number of aromatic amines is 1. The number of ether oxygens (including phenoxy) is 1. The Morgan fingerprint density at radius 3 is 2.90 bits per heavy atom. The number of aryl methyl sites for hydroxylation is 1. The van der Waals surface area contributed by atoms with Gasteiger partial charge in [0, 0.05) is 26.1 Å². The summed E-state index contributed by atoms with van der Waals surface area (Å²) in [5.74, 6) is -0.261. The van der Waals surface area contributed by atoms with Gasteiger partial charge >= 0.3 is 0 Å². The molecule has 1 aliphatic heterocycles. The number of fused-ring (bicyclic) bond motifs is 1. The number of hydrogen-bond acceptors (Lipinski definition) is 3. The number of nitrogens with one attached hydrogen (secondary N) is 1. The zero-order valence-corrected chi connectivity index (χ0v) is 12.3. The van der Waals surface area contributed by atoms with Gasteiger partial charge in [-0.1, -0.05) is 6.07 Å². The van der Waals surface area contributed by atoms with Gasteiger partial charge in [0.05, 0.1) is 18.7 Å². The second kappa shape index (κ2) is 5.95. The number of carbonyl (C=O) groups is 1. The Balaban J connectivity index is 1.76. The number of nitrogens with zero attached hydrogens (tertiary/aromatic N) is 2. The fourth-order valence-corrected chi connectivity index (χ4v) is 2.84. The molecule has 0 spiro atoms. The topological polar surface area (TPSA) is 50.3 Å². The maximum Gasteiger partial charge on any atom is 0.224 e. The van der Waals surface area contributed by atoms with E-state index in [-0.39, 0.29) is 11.7 Å². The first-order chi connectivity index (χ1) is 10.2. The van der Waals surface area contributed by atoms with Crippen LogP contribution in [0.4, 0.5) is 4.39 Å². The summed E-state index contributed by atoms with van der Waals surface area (Å²) in [6.45, 7) is 2.88. The molecule has 0 bridgehead atoms. The molecule has 1 N–H and O–H groups in total.